The minimum Gasteiger partial charge on any atom is -0.481 e. The molecule has 4 fully saturated rings. The quantitative estimate of drug-likeness (QED) is 0.163. The van der Waals surface area contributed by atoms with E-state index in [-0.39, 0.29) is 46.1 Å². The fraction of sp³-hybridized carbons (Fsp3) is 0.736. The van der Waals surface area contributed by atoms with Crippen molar-refractivity contribution in [2.24, 2.45) is 67.1 Å². The molecule has 5 aliphatic carbocycles. The average Bonchev–Trinajstić information content (AvgIpc) is 3.54. The number of carboxylic acid groups (broad SMARTS) is 1. The molecule has 1 aromatic rings. The summed E-state index contributed by atoms with van der Waals surface area (Å²) >= 11 is 0. The number of ketones is 1. The molecule has 0 radical (unpaired) electrons. The molecule has 1 aromatic heterocycles. The number of ether oxygens (including phenoxy) is 1. The highest BCUT2D eigenvalue weighted by molar-refractivity contribution is 6.10. The van der Waals surface area contributed by atoms with E-state index in [0.29, 0.717) is 41.7 Å². The predicted molar refractivity (Wildman–Crippen MR) is 247 cm³/mol. The molecule has 9 nitrogen and oxygen atoms in total. The highest BCUT2D eigenvalue weighted by atomic mass is 16.5. The number of aliphatic carboxylic acids is 1. The van der Waals surface area contributed by atoms with E-state index in [1.807, 2.05) is 18.5 Å². The normalized spacial score (nSPS) is 36.2. The van der Waals surface area contributed by atoms with Gasteiger partial charge in [0.1, 0.15) is 11.9 Å². The average molecular weight is 851 g/mol. The first-order valence-electron chi connectivity index (χ1n) is 24.2. The van der Waals surface area contributed by atoms with E-state index in [4.69, 9.17) is 19.7 Å². The zero-order chi connectivity index (χ0) is 45.4. The van der Waals surface area contributed by atoms with Crippen LogP contribution in [-0.2, 0) is 19.1 Å². The monoisotopic (exact) mass is 851 g/mol. The van der Waals surface area contributed by atoms with Crippen LogP contribution in [0.4, 0.5) is 0 Å². The molecule has 1 aliphatic heterocycles. The zero-order valence-electron chi connectivity index (χ0n) is 40.5. The minimum absolute atomic E-state index is 0.0345. The topological polar surface area (TPSA) is 122 Å². The highest BCUT2D eigenvalue weighted by Gasteiger charge is 2.73. The van der Waals surface area contributed by atoms with Gasteiger partial charge in [0, 0.05) is 36.2 Å². The van der Waals surface area contributed by atoms with Crippen LogP contribution in [0.15, 0.2) is 52.3 Å². The molecule has 340 valence electrons. The Labute approximate surface area is 373 Å². The van der Waals surface area contributed by atoms with Crippen molar-refractivity contribution in [1.29, 1.82) is 0 Å². The molecule has 9 heteroatoms. The third-order valence-corrected chi connectivity index (χ3v) is 18.5. The zero-order valence-corrected chi connectivity index (χ0v) is 40.5. The second-order valence-electron chi connectivity index (χ2n) is 22.8. The second-order valence-corrected chi connectivity index (χ2v) is 22.8. The van der Waals surface area contributed by atoms with Gasteiger partial charge >= 0.3 is 11.9 Å². The van der Waals surface area contributed by atoms with Gasteiger partial charge in [-0.1, -0.05) is 73.5 Å². The Bertz CT molecular complexity index is 2060. The van der Waals surface area contributed by atoms with Crippen LogP contribution >= 0.6 is 0 Å². The number of carboxylic acids is 1. The molecule has 2 heterocycles. The maximum absolute atomic E-state index is 15.1. The number of Topliss-reactive ketones (excluding diaryl/α,β-unsaturated/α-hetero) is 1. The number of rotatable bonds is 12. The van der Waals surface area contributed by atoms with Crippen LogP contribution in [0.2, 0.25) is 0 Å². The molecular weight excluding hydrogens is 773 g/mol. The number of hydrogen-bond acceptors (Lipinski definition) is 8. The van der Waals surface area contributed by atoms with Crippen molar-refractivity contribution in [3.63, 3.8) is 0 Å². The molecule has 7 rings (SSSR count). The number of amidine groups is 1. The third-order valence-electron chi connectivity index (χ3n) is 18.5. The summed E-state index contributed by atoms with van der Waals surface area (Å²) in [7, 11) is 0. The van der Waals surface area contributed by atoms with Crippen molar-refractivity contribution in [1.82, 2.24) is 14.9 Å². The fourth-order valence-corrected chi connectivity index (χ4v) is 15.1. The fourth-order valence-electron chi connectivity index (χ4n) is 15.1. The van der Waals surface area contributed by atoms with Crippen molar-refractivity contribution < 1.29 is 24.2 Å². The van der Waals surface area contributed by atoms with E-state index in [1.165, 1.54) is 11.1 Å². The van der Waals surface area contributed by atoms with Crippen LogP contribution in [0.1, 0.15) is 173 Å². The summed E-state index contributed by atoms with van der Waals surface area (Å²) in [6.07, 6.45) is 18.2. The van der Waals surface area contributed by atoms with Gasteiger partial charge in [-0.15, -0.1) is 0 Å². The number of nitrogens with zero attached hydrogens (tertiary/aromatic N) is 4. The first-order valence-corrected chi connectivity index (χ1v) is 24.2. The first kappa shape index (κ1) is 46.4. The SMILES string of the molecule is CC=C(C)CCN1C(c2ncccn2)=CC(C)N=C1C12CCC3(C)C4CCC5C(C)(C)C(OC(=O)CC(C)(C)C(=O)O)CCC5(C)C4CCC3(C(C)CC)C1=C(C(C)C)C(=O)C2. The van der Waals surface area contributed by atoms with Crippen molar-refractivity contribution in [3.05, 3.63) is 53.2 Å². The van der Waals surface area contributed by atoms with Gasteiger partial charge < -0.3 is 14.7 Å². The summed E-state index contributed by atoms with van der Waals surface area (Å²) in [6.45, 7) is 29.6. The Kier molecular flexibility index (Phi) is 12.3. The molecule has 0 amide bonds. The molecule has 6 aliphatic rings. The molecule has 0 spiro atoms. The van der Waals surface area contributed by atoms with Crippen LogP contribution in [0.3, 0.4) is 0 Å². The van der Waals surface area contributed by atoms with Crippen molar-refractivity contribution in [2.75, 3.05) is 6.54 Å². The number of fused-ring (bicyclic) bond motifs is 7. The largest absolute Gasteiger partial charge is 0.481 e. The number of aliphatic imine (C=N–C) groups is 1. The maximum atomic E-state index is 15.1. The summed E-state index contributed by atoms with van der Waals surface area (Å²) in [5.41, 5.74) is 2.75. The summed E-state index contributed by atoms with van der Waals surface area (Å²) in [6, 6.07) is 1.79. The summed E-state index contributed by atoms with van der Waals surface area (Å²) in [5.74, 6) is 2.51. The maximum Gasteiger partial charge on any atom is 0.309 e. The molecule has 10 unspecified atom stereocenters. The van der Waals surface area contributed by atoms with Gasteiger partial charge in [0.05, 0.1) is 29.0 Å². The predicted octanol–water partition coefficient (Wildman–Crippen LogP) is 11.7. The number of carbonyl (C=O) groups excluding carboxylic acids is 2. The minimum atomic E-state index is -1.17. The first-order chi connectivity index (χ1) is 29.1. The van der Waals surface area contributed by atoms with Crippen LogP contribution in [0.25, 0.3) is 5.70 Å². The van der Waals surface area contributed by atoms with Gasteiger partial charge in [0.25, 0.3) is 0 Å². The number of aromatic nitrogens is 2. The van der Waals surface area contributed by atoms with Gasteiger partial charge in [0.15, 0.2) is 11.6 Å². The van der Waals surface area contributed by atoms with Crippen molar-refractivity contribution >= 4 is 29.3 Å². The standard InChI is InChI=1S/C53H78N4O5/c1-14-33(5)21-28-57-38(45-54-26-16-27-55-45)29-35(7)56-46(57)52-25-24-51(13)37-17-18-40-49(10,11)41(62-42(59)31-48(8,9)47(60)61)20-22-50(40,12)36(37)19-23-53(51,34(6)15-2)44(52)43(32(3)4)39(58)30-52/h14,16,26-27,29,32,34-37,40-41H,15,17-25,28,30-31H2,1-13H3,(H,60,61). The smallest absolute Gasteiger partial charge is 0.309 e. The molecule has 0 saturated heterocycles. The number of carbonyl (C=O) groups is 3. The van der Waals surface area contributed by atoms with Crippen LogP contribution < -0.4 is 0 Å². The number of allylic oxidation sites excluding steroid dienone is 2. The Morgan fingerprint density at radius 3 is 2.32 bits per heavy atom. The molecule has 1 N–H and O–H groups in total. The lowest BCUT2D eigenvalue weighted by molar-refractivity contribution is -0.222. The number of esters is 1. The molecule has 0 bridgehead atoms. The molecule has 62 heavy (non-hydrogen) atoms. The summed E-state index contributed by atoms with van der Waals surface area (Å²) < 4.78 is 6.27. The summed E-state index contributed by atoms with van der Waals surface area (Å²) in [4.78, 5) is 58.0. The molecule has 4 saturated carbocycles. The van der Waals surface area contributed by atoms with Crippen LogP contribution in [-0.4, -0.2) is 62.2 Å². The lowest BCUT2D eigenvalue weighted by Gasteiger charge is -2.72. The van der Waals surface area contributed by atoms with E-state index in [2.05, 4.69) is 93.2 Å². The molecule has 10 atom stereocenters. The number of hydrogen-bond donors (Lipinski definition) is 1. The highest BCUT2D eigenvalue weighted by Crippen LogP contribution is 2.78. The van der Waals surface area contributed by atoms with Gasteiger partial charge in [-0.3, -0.25) is 19.4 Å². The van der Waals surface area contributed by atoms with E-state index in [9.17, 15) is 14.7 Å². The van der Waals surface area contributed by atoms with Gasteiger partial charge in [-0.25, -0.2) is 9.97 Å². The van der Waals surface area contributed by atoms with Crippen LogP contribution in [0, 0.1) is 62.1 Å². The Balaban J connectivity index is 1.31. The Morgan fingerprint density at radius 2 is 1.69 bits per heavy atom. The van der Waals surface area contributed by atoms with Gasteiger partial charge in [-0.05, 0) is 156 Å². The third kappa shape index (κ3) is 7.07. The van der Waals surface area contributed by atoms with E-state index >= 15 is 4.79 Å². The lowest BCUT2D eigenvalue weighted by atomic mass is 9.32. The van der Waals surface area contributed by atoms with E-state index < -0.39 is 22.8 Å². The molecule has 0 aromatic carbocycles. The Hall–Kier alpha value is -3.62. The lowest BCUT2D eigenvalue weighted by Crippen LogP contribution is -2.67. The van der Waals surface area contributed by atoms with E-state index in [0.717, 1.165) is 87.9 Å². The van der Waals surface area contributed by atoms with E-state index in [1.54, 1.807) is 13.8 Å². The van der Waals surface area contributed by atoms with Crippen molar-refractivity contribution in [3.8, 4) is 0 Å². The second kappa shape index (κ2) is 16.4. The summed E-state index contributed by atoms with van der Waals surface area (Å²) in [5, 5.41) is 9.73. The van der Waals surface area contributed by atoms with Gasteiger partial charge in [0.2, 0.25) is 0 Å². The van der Waals surface area contributed by atoms with Crippen LogP contribution in [0.5, 0.6) is 0 Å². The Morgan fingerprint density at radius 1 is 1.00 bits per heavy atom. The van der Waals surface area contributed by atoms with Gasteiger partial charge in [-0.2, -0.15) is 0 Å². The molecular formula is C53H78N4O5. The van der Waals surface area contributed by atoms with Crippen molar-refractivity contribution in [2.45, 2.75) is 179 Å².